The minimum absolute atomic E-state index is 0.0700. The number of rotatable bonds is 3. The number of anilines is 3. The van der Waals surface area contributed by atoms with Crippen LogP contribution in [0, 0.1) is 12.7 Å². The number of thiophene rings is 1. The van der Waals surface area contributed by atoms with E-state index in [1.807, 2.05) is 13.0 Å². The van der Waals surface area contributed by atoms with Crippen LogP contribution in [0.15, 0.2) is 24.3 Å². The Kier molecular flexibility index (Phi) is 3.65. The Labute approximate surface area is 130 Å². The molecule has 0 spiro atoms. The lowest BCUT2D eigenvalue weighted by molar-refractivity contribution is 0.632. The summed E-state index contributed by atoms with van der Waals surface area (Å²) in [7, 11) is 1.74. The number of halogens is 2. The Hall–Kier alpha value is -1.92. The normalized spacial score (nSPS) is 10.9. The molecule has 0 fully saturated rings. The first kappa shape index (κ1) is 14.0. The first-order valence-corrected chi connectivity index (χ1v) is 7.45. The summed E-state index contributed by atoms with van der Waals surface area (Å²) in [6, 6.07) is 6.78. The molecule has 3 rings (SSSR count). The van der Waals surface area contributed by atoms with Crippen LogP contribution in [0.5, 0.6) is 0 Å². The van der Waals surface area contributed by atoms with E-state index in [0.29, 0.717) is 11.8 Å². The van der Waals surface area contributed by atoms with Crippen LogP contribution in [0.2, 0.25) is 5.02 Å². The molecular formula is C14H12ClFN4S. The summed E-state index contributed by atoms with van der Waals surface area (Å²) in [6.07, 6.45) is 0. The molecule has 4 nitrogen and oxygen atoms in total. The second kappa shape index (κ2) is 5.46. The molecule has 0 amide bonds. The van der Waals surface area contributed by atoms with Crippen molar-refractivity contribution in [1.29, 1.82) is 0 Å². The second-order valence-electron chi connectivity index (χ2n) is 4.45. The van der Waals surface area contributed by atoms with Crippen molar-refractivity contribution in [3.8, 4) is 0 Å². The summed E-state index contributed by atoms with van der Waals surface area (Å²) in [4.78, 5) is 10.7. The lowest BCUT2D eigenvalue weighted by Gasteiger charge is -2.10. The molecule has 7 heteroatoms. The maximum Gasteiger partial charge on any atom is 0.225 e. The Morgan fingerprint density at radius 1 is 1.29 bits per heavy atom. The molecule has 2 heterocycles. The molecule has 21 heavy (non-hydrogen) atoms. The Morgan fingerprint density at radius 2 is 2.10 bits per heavy atom. The van der Waals surface area contributed by atoms with Crippen LogP contribution in [0.3, 0.4) is 0 Å². The number of hydrogen-bond donors (Lipinski definition) is 2. The Morgan fingerprint density at radius 3 is 2.86 bits per heavy atom. The third kappa shape index (κ3) is 2.64. The lowest BCUT2D eigenvalue weighted by atomic mass is 10.3. The van der Waals surface area contributed by atoms with Crippen molar-refractivity contribution in [3.63, 3.8) is 0 Å². The second-order valence-corrected chi connectivity index (χ2v) is 6.09. The zero-order valence-electron chi connectivity index (χ0n) is 11.4. The third-order valence-electron chi connectivity index (χ3n) is 2.94. The van der Waals surface area contributed by atoms with Gasteiger partial charge in [-0.25, -0.2) is 9.37 Å². The van der Waals surface area contributed by atoms with Crippen molar-refractivity contribution in [1.82, 2.24) is 9.97 Å². The maximum atomic E-state index is 14.0. The first-order chi connectivity index (χ1) is 10.1. The number of aryl methyl sites for hydroxylation is 1. The van der Waals surface area contributed by atoms with Crippen molar-refractivity contribution >= 4 is 50.6 Å². The van der Waals surface area contributed by atoms with Gasteiger partial charge in [0.25, 0.3) is 0 Å². The zero-order chi connectivity index (χ0) is 15.0. The molecule has 0 unspecified atom stereocenters. The van der Waals surface area contributed by atoms with Crippen LogP contribution in [0.1, 0.15) is 4.88 Å². The number of nitrogens with zero attached hydrogens (tertiary/aromatic N) is 2. The number of fused-ring (bicyclic) bond motifs is 1. The summed E-state index contributed by atoms with van der Waals surface area (Å²) in [6.45, 7) is 2.00. The van der Waals surface area contributed by atoms with Gasteiger partial charge in [0.15, 0.2) is 5.82 Å². The highest BCUT2D eigenvalue weighted by atomic mass is 35.5. The number of aromatic nitrogens is 2. The van der Waals surface area contributed by atoms with E-state index in [1.165, 1.54) is 6.07 Å². The smallest absolute Gasteiger partial charge is 0.225 e. The number of hydrogen-bond acceptors (Lipinski definition) is 5. The molecule has 2 N–H and O–H groups in total. The van der Waals surface area contributed by atoms with E-state index >= 15 is 0 Å². The van der Waals surface area contributed by atoms with Crippen LogP contribution in [0.25, 0.3) is 10.2 Å². The predicted molar refractivity (Wildman–Crippen MR) is 86.4 cm³/mol. The molecule has 0 atom stereocenters. The molecule has 108 valence electrons. The van der Waals surface area contributed by atoms with Crippen molar-refractivity contribution in [2.24, 2.45) is 0 Å². The molecule has 0 bridgehead atoms. The van der Waals surface area contributed by atoms with E-state index in [4.69, 9.17) is 11.6 Å². The van der Waals surface area contributed by atoms with E-state index in [1.54, 1.807) is 30.5 Å². The van der Waals surface area contributed by atoms with Gasteiger partial charge in [0.05, 0.1) is 16.1 Å². The Balaban J connectivity index is 2.12. The molecule has 0 saturated heterocycles. The molecule has 3 aromatic rings. The summed E-state index contributed by atoms with van der Waals surface area (Å²) in [5, 5.41) is 6.83. The highest BCUT2D eigenvalue weighted by Crippen LogP contribution is 2.32. The van der Waals surface area contributed by atoms with Gasteiger partial charge >= 0.3 is 0 Å². The maximum absolute atomic E-state index is 14.0. The molecule has 0 aliphatic heterocycles. The quantitative estimate of drug-likeness (QED) is 0.741. The van der Waals surface area contributed by atoms with E-state index in [2.05, 4.69) is 20.6 Å². The van der Waals surface area contributed by atoms with Crippen molar-refractivity contribution in [2.45, 2.75) is 6.92 Å². The van der Waals surface area contributed by atoms with Gasteiger partial charge in [-0.1, -0.05) is 17.7 Å². The summed E-state index contributed by atoms with van der Waals surface area (Å²) in [5.74, 6) is 0.535. The van der Waals surface area contributed by atoms with Gasteiger partial charge in [-0.3, -0.25) is 0 Å². The van der Waals surface area contributed by atoms with Crippen molar-refractivity contribution in [3.05, 3.63) is 40.0 Å². The van der Waals surface area contributed by atoms with Gasteiger partial charge in [0.2, 0.25) is 5.95 Å². The van der Waals surface area contributed by atoms with Crippen LogP contribution in [0.4, 0.5) is 21.8 Å². The highest BCUT2D eigenvalue weighted by molar-refractivity contribution is 7.18. The highest BCUT2D eigenvalue weighted by Gasteiger charge is 2.13. The van der Waals surface area contributed by atoms with Gasteiger partial charge in [-0.15, -0.1) is 11.3 Å². The minimum atomic E-state index is -0.496. The Bertz CT molecular complexity index is 818. The van der Waals surface area contributed by atoms with Gasteiger partial charge in [-0.2, -0.15) is 4.98 Å². The minimum Gasteiger partial charge on any atom is -0.357 e. The molecule has 2 aromatic heterocycles. The fourth-order valence-electron chi connectivity index (χ4n) is 1.98. The van der Waals surface area contributed by atoms with Crippen molar-refractivity contribution < 1.29 is 4.39 Å². The topological polar surface area (TPSA) is 49.8 Å². The fraction of sp³-hybridized carbons (Fsp3) is 0.143. The molecule has 0 saturated carbocycles. The SMILES string of the molecule is CNc1nc(Nc2cccc(Cl)c2F)c2cc(C)sc2n1. The number of benzene rings is 1. The molecular weight excluding hydrogens is 311 g/mol. The standard InChI is InChI=1S/C14H12ClFN4S/c1-7-6-8-12(19-14(17-2)20-13(8)21-7)18-10-5-3-4-9(15)11(10)16/h3-6H,1-2H3,(H2,17,18,19,20). The molecule has 0 radical (unpaired) electrons. The summed E-state index contributed by atoms with van der Waals surface area (Å²) < 4.78 is 14.0. The molecule has 0 aliphatic rings. The van der Waals surface area contributed by atoms with Crippen LogP contribution in [-0.2, 0) is 0 Å². The van der Waals surface area contributed by atoms with Gasteiger partial charge in [-0.05, 0) is 25.1 Å². The third-order valence-corrected chi connectivity index (χ3v) is 4.18. The van der Waals surface area contributed by atoms with Crippen molar-refractivity contribution in [2.75, 3.05) is 17.7 Å². The zero-order valence-corrected chi connectivity index (χ0v) is 12.9. The average Bonchev–Trinajstić information content (AvgIpc) is 2.84. The largest absolute Gasteiger partial charge is 0.357 e. The summed E-state index contributed by atoms with van der Waals surface area (Å²) >= 11 is 7.37. The lowest BCUT2D eigenvalue weighted by Crippen LogP contribution is -2.02. The predicted octanol–water partition coefficient (Wildman–Crippen LogP) is 4.58. The van der Waals surface area contributed by atoms with Crippen LogP contribution in [-0.4, -0.2) is 17.0 Å². The monoisotopic (exact) mass is 322 g/mol. The molecule has 0 aliphatic carbocycles. The van der Waals surface area contributed by atoms with Crippen LogP contribution >= 0.6 is 22.9 Å². The van der Waals surface area contributed by atoms with Gasteiger partial charge in [0, 0.05) is 11.9 Å². The number of nitrogens with one attached hydrogen (secondary N) is 2. The van der Waals surface area contributed by atoms with Crippen LogP contribution < -0.4 is 10.6 Å². The van der Waals surface area contributed by atoms with E-state index in [0.717, 1.165) is 15.1 Å². The first-order valence-electron chi connectivity index (χ1n) is 6.25. The van der Waals surface area contributed by atoms with Gasteiger partial charge in [0.1, 0.15) is 10.6 Å². The van der Waals surface area contributed by atoms with Gasteiger partial charge < -0.3 is 10.6 Å². The fourth-order valence-corrected chi connectivity index (χ4v) is 3.03. The van der Waals surface area contributed by atoms with E-state index in [9.17, 15) is 4.39 Å². The average molecular weight is 323 g/mol. The van der Waals surface area contributed by atoms with E-state index < -0.39 is 5.82 Å². The summed E-state index contributed by atoms with van der Waals surface area (Å²) in [5.41, 5.74) is 0.286. The van der Waals surface area contributed by atoms with E-state index in [-0.39, 0.29) is 10.7 Å². The molecule has 1 aromatic carbocycles.